The smallest absolute Gasteiger partial charge is 0.421 e. The molecule has 14 heteroatoms. The Bertz CT molecular complexity index is 1390. The van der Waals surface area contributed by atoms with E-state index in [1.807, 2.05) is 0 Å². The van der Waals surface area contributed by atoms with Crippen LogP contribution in [0.1, 0.15) is 49.2 Å². The number of pyridine rings is 1. The maximum absolute atomic E-state index is 13.6. The second-order valence-electron chi connectivity index (χ2n) is 9.03. The lowest BCUT2D eigenvalue weighted by Gasteiger charge is -2.19. The second-order valence-corrected chi connectivity index (χ2v) is 11.0. The minimum Gasteiger partial charge on any atom is -0.456 e. The first-order chi connectivity index (χ1) is 17.7. The molecule has 204 valence electrons. The number of nitrogens with one attached hydrogen (secondary N) is 3. The number of hydrogen-bond donors (Lipinski definition) is 3. The van der Waals surface area contributed by atoms with E-state index < -0.39 is 39.2 Å². The fourth-order valence-corrected chi connectivity index (χ4v) is 3.63. The monoisotopic (exact) mass is 552 g/mol. The number of rotatable bonds is 9. The highest BCUT2D eigenvalue weighted by Crippen LogP contribution is 2.34. The van der Waals surface area contributed by atoms with Crippen molar-refractivity contribution in [3.05, 3.63) is 65.5 Å². The Labute approximate surface area is 218 Å². The van der Waals surface area contributed by atoms with E-state index >= 15 is 0 Å². The molecule has 0 radical (unpaired) electrons. The molecule has 0 saturated heterocycles. The van der Waals surface area contributed by atoms with E-state index in [1.165, 1.54) is 49.5 Å². The van der Waals surface area contributed by atoms with Crippen LogP contribution >= 0.6 is 0 Å². The van der Waals surface area contributed by atoms with Gasteiger partial charge in [0.15, 0.2) is 0 Å². The van der Waals surface area contributed by atoms with E-state index in [-0.39, 0.29) is 24.1 Å². The highest BCUT2D eigenvalue weighted by molar-refractivity contribution is 7.92. The van der Waals surface area contributed by atoms with Gasteiger partial charge in [0, 0.05) is 30.2 Å². The van der Waals surface area contributed by atoms with Crippen LogP contribution in [0.2, 0.25) is 0 Å². The molecule has 3 N–H and O–H groups in total. The minimum atomic E-state index is -4.75. The van der Waals surface area contributed by atoms with E-state index in [0.29, 0.717) is 23.0 Å². The first-order valence-corrected chi connectivity index (χ1v) is 13.0. The van der Waals surface area contributed by atoms with Crippen molar-refractivity contribution in [1.29, 1.82) is 0 Å². The van der Waals surface area contributed by atoms with Crippen LogP contribution in [0.5, 0.6) is 0 Å². The molecule has 3 aromatic rings. The summed E-state index contributed by atoms with van der Waals surface area (Å²) in [5, 5.41) is 5.40. The summed E-state index contributed by atoms with van der Waals surface area (Å²) < 4.78 is 72.4. The molecule has 0 unspecified atom stereocenters. The van der Waals surface area contributed by atoms with Crippen molar-refractivity contribution >= 4 is 39.3 Å². The SMILES string of the molecule is CCS(=O)(=O)Nc1ncccc1CNc1nc(Nc2ccc(C(=O)OC(C)(C)C)cc2)ncc1C(F)(F)F. The van der Waals surface area contributed by atoms with Crippen LogP contribution in [0, 0.1) is 0 Å². The van der Waals surface area contributed by atoms with Gasteiger partial charge in [-0.05, 0) is 58.0 Å². The number of alkyl halides is 3. The number of halogens is 3. The lowest BCUT2D eigenvalue weighted by Crippen LogP contribution is -2.23. The molecule has 2 aromatic heterocycles. The summed E-state index contributed by atoms with van der Waals surface area (Å²) in [7, 11) is -3.65. The number of sulfonamides is 1. The number of carbonyl (C=O) groups is 1. The lowest BCUT2D eigenvalue weighted by molar-refractivity contribution is -0.137. The summed E-state index contributed by atoms with van der Waals surface area (Å²) in [6.45, 7) is 6.46. The summed E-state index contributed by atoms with van der Waals surface area (Å²) in [5.41, 5.74) is -0.743. The van der Waals surface area contributed by atoms with Crippen LogP contribution in [-0.2, 0) is 27.5 Å². The molecule has 0 saturated carbocycles. The van der Waals surface area contributed by atoms with Gasteiger partial charge in [-0.15, -0.1) is 0 Å². The Balaban J connectivity index is 1.82. The van der Waals surface area contributed by atoms with Gasteiger partial charge in [-0.3, -0.25) is 4.72 Å². The minimum absolute atomic E-state index is 0.00658. The van der Waals surface area contributed by atoms with Crippen molar-refractivity contribution in [3.63, 3.8) is 0 Å². The Morgan fingerprint density at radius 1 is 1.03 bits per heavy atom. The third kappa shape index (κ3) is 8.03. The van der Waals surface area contributed by atoms with Crippen molar-refractivity contribution < 1.29 is 31.1 Å². The Kier molecular flexibility index (Phi) is 8.44. The molecule has 0 amide bonds. The summed E-state index contributed by atoms with van der Waals surface area (Å²) in [4.78, 5) is 23.9. The van der Waals surface area contributed by atoms with E-state index in [9.17, 15) is 26.4 Å². The zero-order valence-corrected chi connectivity index (χ0v) is 21.9. The third-order valence-electron chi connectivity index (χ3n) is 4.84. The maximum atomic E-state index is 13.6. The van der Waals surface area contributed by atoms with Gasteiger partial charge in [-0.25, -0.2) is 23.2 Å². The van der Waals surface area contributed by atoms with Gasteiger partial charge < -0.3 is 15.4 Å². The molecule has 38 heavy (non-hydrogen) atoms. The second kappa shape index (κ2) is 11.2. The number of carbonyl (C=O) groups excluding carboxylic acids is 1. The Morgan fingerprint density at radius 3 is 2.32 bits per heavy atom. The first-order valence-electron chi connectivity index (χ1n) is 11.4. The molecule has 0 aliphatic heterocycles. The van der Waals surface area contributed by atoms with Crippen molar-refractivity contribution in [1.82, 2.24) is 15.0 Å². The van der Waals surface area contributed by atoms with Crippen LogP contribution in [0.3, 0.4) is 0 Å². The molecule has 3 rings (SSSR count). The predicted octanol–water partition coefficient (Wildman–Crippen LogP) is 4.96. The number of benzene rings is 1. The first kappa shape index (κ1) is 28.6. The van der Waals surface area contributed by atoms with Gasteiger partial charge in [0.2, 0.25) is 16.0 Å². The number of ether oxygens (including phenoxy) is 1. The average molecular weight is 553 g/mol. The number of esters is 1. The van der Waals surface area contributed by atoms with Crippen molar-refractivity contribution in [2.45, 2.75) is 46.0 Å². The molecular weight excluding hydrogens is 525 g/mol. The van der Waals surface area contributed by atoms with Gasteiger partial charge in [-0.2, -0.15) is 18.2 Å². The highest BCUT2D eigenvalue weighted by Gasteiger charge is 2.35. The van der Waals surface area contributed by atoms with Gasteiger partial charge in [0.05, 0.1) is 11.3 Å². The quantitative estimate of drug-likeness (QED) is 0.315. The van der Waals surface area contributed by atoms with Crippen molar-refractivity contribution in [2.24, 2.45) is 0 Å². The number of anilines is 4. The zero-order chi connectivity index (χ0) is 28.1. The van der Waals surface area contributed by atoms with Crippen molar-refractivity contribution in [3.8, 4) is 0 Å². The van der Waals surface area contributed by atoms with Gasteiger partial charge >= 0.3 is 12.1 Å². The van der Waals surface area contributed by atoms with Crippen LogP contribution < -0.4 is 15.4 Å². The summed E-state index contributed by atoms with van der Waals surface area (Å²) in [5.74, 6) is -1.38. The van der Waals surface area contributed by atoms with Gasteiger partial charge in [0.25, 0.3) is 0 Å². The third-order valence-corrected chi connectivity index (χ3v) is 6.10. The standard InChI is InChI=1S/C24H27F3N6O4S/c1-5-38(35,36)33-19-16(7-6-12-28-19)13-29-20-18(24(25,26)27)14-30-22(32-20)31-17-10-8-15(9-11-17)21(34)37-23(2,3)4/h6-12,14H,5,13H2,1-4H3,(H,28,33)(H2,29,30,31,32). The Morgan fingerprint density at radius 2 is 1.71 bits per heavy atom. The van der Waals surface area contributed by atoms with Crippen LogP contribution in [0.4, 0.5) is 36.4 Å². The number of aromatic nitrogens is 3. The van der Waals surface area contributed by atoms with Crippen molar-refractivity contribution in [2.75, 3.05) is 21.1 Å². The summed E-state index contributed by atoms with van der Waals surface area (Å²) in [6, 6.07) is 9.12. The molecule has 2 heterocycles. The molecule has 0 aliphatic carbocycles. The zero-order valence-electron chi connectivity index (χ0n) is 21.0. The molecule has 0 fully saturated rings. The summed E-state index contributed by atoms with van der Waals surface area (Å²) in [6.07, 6.45) is -2.76. The molecular formula is C24H27F3N6O4S. The predicted molar refractivity (Wildman–Crippen MR) is 137 cm³/mol. The molecule has 0 spiro atoms. The highest BCUT2D eigenvalue weighted by atomic mass is 32.2. The van der Waals surface area contributed by atoms with Gasteiger partial charge in [-0.1, -0.05) is 6.07 Å². The molecule has 0 aliphatic rings. The van der Waals surface area contributed by atoms with E-state index in [0.717, 1.165) is 0 Å². The topological polar surface area (TPSA) is 135 Å². The lowest BCUT2D eigenvalue weighted by atomic mass is 10.1. The fourth-order valence-electron chi connectivity index (χ4n) is 3.01. The maximum Gasteiger partial charge on any atom is 0.421 e. The average Bonchev–Trinajstić information content (AvgIpc) is 2.82. The number of nitrogens with zero attached hydrogens (tertiary/aromatic N) is 3. The van der Waals surface area contributed by atoms with E-state index in [2.05, 4.69) is 30.3 Å². The largest absolute Gasteiger partial charge is 0.456 e. The normalized spacial score (nSPS) is 12.1. The van der Waals surface area contributed by atoms with E-state index in [4.69, 9.17) is 4.74 Å². The molecule has 10 nitrogen and oxygen atoms in total. The fraction of sp³-hybridized carbons (Fsp3) is 0.333. The van der Waals surface area contributed by atoms with Crippen LogP contribution in [0.25, 0.3) is 0 Å². The molecule has 0 atom stereocenters. The van der Waals surface area contributed by atoms with Gasteiger partial charge in [0.1, 0.15) is 22.8 Å². The molecule has 1 aromatic carbocycles. The Hall–Kier alpha value is -3.94. The summed E-state index contributed by atoms with van der Waals surface area (Å²) >= 11 is 0. The van der Waals surface area contributed by atoms with E-state index in [1.54, 1.807) is 20.8 Å². The molecule has 0 bridgehead atoms. The van der Waals surface area contributed by atoms with Crippen LogP contribution in [0.15, 0.2) is 48.8 Å². The van der Waals surface area contributed by atoms with Crippen LogP contribution in [-0.4, -0.2) is 40.7 Å². The number of hydrogen-bond acceptors (Lipinski definition) is 9.